The lowest BCUT2D eigenvalue weighted by atomic mass is 10.1. The summed E-state index contributed by atoms with van der Waals surface area (Å²) in [7, 11) is 0. The summed E-state index contributed by atoms with van der Waals surface area (Å²) in [4.78, 5) is 11.3. The molecule has 0 aliphatic rings. The standard InChI is InChI=1S/C18H12F6N4/c1-10-4-5-12(17(19,20)21)7-13(10)26-15-8-14(18(22,23)24)27-16(28-15)11-3-2-6-25-9-11/h2-9H,1H3,(H,26,27,28). The summed E-state index contributed by atoms with van der Waals surface area (Å²) >= 11 is 0. The normalized spacial score (nSPS) is 12.1. The Labute approximate surface area is 155 Å². The van der Waals surface area contributed by atoms with Crippen molar-refractivity contribution in [3.63, 3.8) is 0 Å². The van der Waals surface area contributed by atoms with Crippen LogP contribution in [0, 0.1) is 6.92 Å². The second-order valence-electron chi connectivity index (χ2n) is 5.85. The van der Waals surface area contributed by atoms with Gasteiger partial charge in [-0.1, -0.05) is 6.07 Å². The van der Waals surface area contributed by atoms with E-state index in [1.807, 2.05) is 0 Å². The Balaban J connectivity index is 2.07. The van der Waals surface area contributed by atoms with Gasteiger partial charge in [-0.25, -0.2) is 9.97 Å². The number of hydrogen-bond acceptors (Lipinski definition) is 4. The molecule has 10 heteroatoms. The highest BCUT2D eigenvalue weighted by molar-refractivity contribution is 5.64. The highest BCUT2D eigenvalue weighted by atomic mass is 19.4. The van der Waals surface area contributed by atoms with Crippen LogP contribution in [0.5, 0.6) is 0 Å². The van der Waals surface area contributed by atoms with Crippen molar-refractivity contribution in [1.29, 1.82) is 0 Å². The molecule has 3 aromatic rings. The zero-order valence-electron chi connectivity index (χ0n) is 14.2. The number of hydrogen-bond donors (Lipinski definition) is 1. The van der Waals surface area contributed by atoms with Gasteiger partial charge in [0, 0.05) is 29.7 Å². The van der Waals surface area contributed by atoms with Gasteiger partial charge >= 0.3 is 12.4 Å². The first kappa shape index (κ1) is 19.6. The van der Waals surface area contributed by atoms with Crippen molar-refractivity contribution in [2.24, 2.45) is 0 Å². The summed E-state index contributed by atoms with van der Waals surface area (Å²) in [5, 5.41) is 2.54. The van der Waals surface area contributed by atoms with Crippen LogP contribution in [0.1, 0.15) is 16.8 Å². The molecule has 0 saturated carbocycles. The fourth-order valence-corrected chi connectivity index (χ4v) is 2.35. The monoisotopic (exact) mass is 398 g/mol. The third kappa shape index (κ3) is 4.38. The van der Waals surface area contributed by atoms with Gasteiger partial charge in [0.2, 0.25) is 0 Å². The molecule has 0 radical (unpaired) electrons. The Morgan fingerprint density at radius 2 is 1.64 bits per heavy atom. The van der Waals surface area contributed by atoms with Gasteiger partial charge in [-0.3, -0.25) is 4.98 Å². The molecular weight excluding hydrogens is 386 g/mol. The van der Waals surface area contributed by atoms with Crippen LogP contribution in [-0.4, -0.2) is 15.0 Å². The highest BCUT2D eigenvalue weighted by Gasteiger charge is 2.34. The molecule has 2 heterocycles. The molecule has 0 amide bonds. The first-order valence-corrected chi connectivity index (χ1v) is 7.85. The number of aromatic nitrogens is 3. The first-order valence-electron chi connectivity index (χ1n) is 7.85. The van der Waals surface area contributed by atoms with Gasteiger partial charge in [-0.15, -0.1) is 0 Å². The smallest absolute Gasteiger partial charge is 0.340 e. The van der Waals surface area contributed by atoms with Gasteiger partial charge in [0.25, 0.3) is 0 Å². The van der Waals surface area contributed by atoms with Crippen LogP contribution in [-0.2, 0) is 12.4 Å². The minimum atomic E-state index is -4.76. The second kappa shape index (κ2) is 7.10. The van der Waals surface area contributed by atoms with E-state index in [4.69, 9.17) is 0 Å². The number of nitrogens with one attached hydrogen (secondary N) is 1. The largest absolute Gasteiger partial charge is 0.433 e. The molecule has 28 heavy (non-hydrogen) atoms. The van der Waals surface area contributed by atoms with E-state index in [1.54, 1.807) is 0 Å². The van der Waals surface area contributed by atoms with Crippen molar-refractivity contribution in [3.05, 3.63) is 65.6 Å². The molecule has 0 aliphatic heterocycles. The van der Waals surface area contributed by atoms with Crippen LogP contribution in [0.15, 0.2) is 48.8 Å². The van der Waals surface area contributed by atoms with Crippen molar-refractivity contribution >= 4 is 11.5 Å². The van der Waals surface area contributed by atoms with E-state index in [0.717, 1.165) is 12.1 Å². The molecule has 0 aliphatic carbocycles. The van der Waals surface area contributed by atoms with Gasteiger partial charge in [0.05, 0.1) is 5.56 Å². The maximum absolute atomic E-state index is 13.2. The SMILES string of the molecule is Cc1ccc(C(F)(F)F)cc1Nc1cc(C(F)(F)F)nc(-c2cccnc2)n1. The Bertz CT molecular complexity index is 984. The number of rotatable bonds is 3. The predicted molar refractivity (Wildman–Crippen MR) is 89.7 cm³/mol. The summed E-state index contributed by atoms with van der Waals surface area (Å²) in [6, 6.07) is 6.54. The number of anilines is 2. The molecule has 0 atom stereocenters. The minimum absolute atomic E-state index is 0.0150. The second-order valence-corrected chi connectivity index (χ2v) is 5.85. The summed E-state index contributed by atoms with van der Waals surface area (Å²) in [6.07, 6.45) is -6.63. The molecule has 1 N–H and O–H groups in total. The summed E-state index contributed by atoms with van der Waals surface area (Å²) in [5.41, 5.74) is -1.54. The molecule has 1 aromatic carbocycles. The van der Waals surface area contributed by atoms with Crippen molar-refractivity contribution in [3.8, 4) is 11.4 Å². The molecule has 0 saturated heterocycles. The lowest BCUT2D eigenvalue weighted by Crippen LogP contribution is -2.11. The quantitative estimate of drug-likeness (QED) is 0.581. The van der Waals surface area contributed by atoms with Crippen LogP contribution in [0.25, 0.3) is 11.4 Å². The lowest BCUT2D eigenvalue weighted by Gasteiger charge is -2.15. The van der Waals surface area contributed by atoms with E-state index in [1.165, 1.54) is 37.5 Å². The zero-order valence-corrected chi connectivity index (χ0v) is 14.2. The van der Waals surface area contributed by atoms with Gasteiger partial charge < -0.3 is 5.32 Å². The molecule has 0 unspecified atom stereocenters. The van der Waals surface area contributed by atoms with E-state index in [2.05, 4.69) is 20.3 Å². The van der Waals surface area contributed by atoms with E-state index in [-0.39, 0.29) is 22.9 Å². The Hall–Kier alpha value is -3.17. The molecule has 4 nitrogen and oxygen atoms in total. The average Bonchev–Trinajstić information content (AvgIpc) is 2.62. The van der Waals surface area contributed by atoms with Gasteiger partial charge in [-0.2, -0.15) is 26.3 Å². The van der Waals surface area contributed by atoms with Crippen molar-refractivity contribution < 1.29 is 26.3 Å². The molecule has 0 bridgehead atoms. The third-order valence-electron chi connectivity index (χ3n) is 3.76. The first-order chi connectivity index (χ1) is 13.0. The Morgan fingerprint density at radius 1 is 0.893 bits per heavy atom. The number of nitrogens with zero attached hydrogens (tertiary/aromatic N) is 3. The number of alkyl halides is 6. The minimum Gasteiger partial charge on any atom is -0.340 e. The van der Waals surface area contributed by atoms with Crippen LogP contribution in [0.4, 0.5) is 37.8 Å². The van der Waals surface area contributed by atoms with Gasteiger partial charge in [0.1, 0.15) is 5.82 Å². The number of halogens is 6. The van der Waals surface area contributed by atoms with Crippen molar-refractivity contribution in [2.75, 3.05) is 5.32 Å². The number of aryl methyl sites for hydroxylation is 1. The summed E-state index contributed by atoms with van der Waals surface area (Å²) in [5.74, 6) is -0.543. The van der Waals surface area contributed by atoms with Crippen molar-refractivity contribution in [2.45, 2.75) is 19.3 Å². The molecule has 146 valence electrons. The number of benzene rings is 1. The molecule has 3 rings (SSSR count). The maximum Gasteiger partial charge on any atom is 0.433 e. The Morgan fingerprint density at radius 3 is 2.25 bits per heavy atom. The Kier molecular flexibility index (Phi) is 4.97. The highest BCUT2D eigenvalue weighted by Crippen LogP contribution is 2.34. The van der Waals surface area contributed by atoms with E-state index in [0.29, 0.717) is 11.6 Å². The van der Waals surface area contributed by atoms with Crippen LogP contribution >= 0.6 is 0 Å². The number of pyridine rings is 1. The van der Waals surface area contributed by atoms with Crippen molar-refractivity contribution in [1.82, 2.24) is 15.0 Å². The van der Waals surface area contributed by atoms with Gasteiger partial charge in [0.15, 0.2) is 11.5 Å². The molecule has 0 spiro atoms. The average molecular weight is 398 g/mol. The topological polar surface area (TPSA) is 50.7 Å². The fourth-order valence-electron chi connectivity index (χ4n) is 2.35. The summed E-state index contributed by atoms with van der Waals surface area (Å²) in [6.45, 7) is 1.52. The fraction of sp³-hybridized carbons (Fsp3) is 0.167. The zero-order chi connectivity index (χ0) is 20.5. The lowest BCUT2D eigenvalue weighted by molar-refractivity contribution is -0.141. The maximum atomic E-state index is 13.2. The van der Waals surface area contributed by atoms with Crippen LogP contribution in [0.3, 0.4) is 0 Å². The van der Waals surface area contributed by atoms with E-state index < -0.39 is 23.6 Å². The molecule has 0 fully saturated rings. The molecular formula is C18H12F6N4. The summed E-state index contributed by atoms with van der Waals surface area (Å²) < 4.78 is 78.5. The third-order valence-corrected chi connectivity index (χ3v) is 3.76. The van der Waals surface area contributed by atoms with Crippen LogP contribution < -0.4 is 5.32 Å². The molecule has 2 aromatic heterocycles. The van der Waals surface area contributed by atoms with E-state index >= 15 is 0 Å². The van der Waals surface area contributed by atoms with E-state index in [9.17, 15) is 26.3 Å². The predicted octanol–water partition coefficient (Wildman–Crippen LogP) is 5.63. The van der Waals surface area contributed by atoms with Gasteiger partial charge in [-0.05, 0) is 36.8 Å². The van der Waals surface area contributed by atoms with Crippen LogP contribution in [0.2, 0.25) is 0 Å².